The lowest BCUT2D eigenvalue weighted by Crippen LogP contribution is -2.07. The van der Waals surface area contributed by atoms with Gasteiger partial charge in [0, 0.05) is 17.3 Å². The van der Waals surface area contributed by atoms with E-state index in [-0.39, 0.29) is 0 Å². The minimum Gasteiger partial charge on any atom is -0.316 e. The van der Waals surface area contributed by atoms with Gasteiger partial charge in [-0.2, -0.15) is 0 Å². The van der Waals surface area contributed by atoms with E-state index in [1.165, 1.54) is 19.5 Å². The van der Waals surface area contributed by atoms with Gasteiger partial charge in [0.25, 0.3) is 0 Å². The van der Waals surface area contributed by atoms with Gasteiger partial charge in [-0.3, -0.25) is 0 Å². The van der Waals surface area contributed by atoms with Crippen LogP contribution in [0.2, 0.25) is 0 Å². The number of thiophene rings is 1. The molecule has 68 valence electrons. The Morgan fingerprint density at radius 1 is 1.50 bits per heavy atom. The van der Waals surface area contributed by atoms with E-state index < -0.39 is 0 Å². The summed E-state index contributed by atoms with van der Waals surface area (Å²) in [6, 6.07) is 4.38. The SMILES string of the molecule is CC.c1csc(C2CCNC2)c1. The van der Waals surface area contributed by atoms with Gasteiger partial charge in [-0.1, -0.05) is 19.9 Å². The Morgan fingerprint density at radius 3 is 2.83 bits per heavy atom. The second kappa shape index (κ2) is 5.33. The maximum absolute atomic E-state index is 3.37. The Labute approximate surface area is 78.8 Å². The van der Waals surface area contributed by atoms with Crippen molar-refractivity contribution in [2.45, 2.75) is 26.2 Å². The van der Waals surface area contributed by atoms with Crippen molar-refractivity contribution < 1.29 is 0 Å². The summed E-state index contributed by atoms with van der Waals surface area (Å²) >= 11 is 1.88. The molecule has 1 atom stereocenters. The molecular weight excluding hydrogens is 166 g/mol. The zero-order chi connectivity index (χ0) is 8.81. The van der Waals surface area contributed by atoms with Crippen LogP contribution in [0, 0.1) is 0 Å². The van der Waals surface area contributed by atoms with Gasteiger partial charge in [-0.25, -0.2) is 0 Å². The summed E-state index contributed by atoms with van der Waals surface area (Å²) in [5.74, 6) is 0.806. The molecule has 1 fully saturated rings. The molecule has 2 heteroatoms. The van der Waals surface area contributed by atoms with Crippen LogP contribution in [0.3, 0.4) is 0 Å². The van der Waals surface area contributed by atoms with Gasteiger partial charge in [0.05, 0.1) is 0 Å². The number of hydrogen-bond donors (Lipinski definition) is 1. The third kappa shape index (κ3) is 2.32. The molecule has 2 heterocycles. The highest BCUT2D eigenvalue weighted by Crippen LogP contribution is 2.25. The third-order valence-electron chi connectivity index (χ3n) is 2.01. The Hall–Kier alpha value is -0.340. The van der Waals surface area contributed by atoms with Crippen molar-refractivity contribution in [2.24, 2.45) is 0 Å². The average Bonchev–Trinajstić information content (AvgIpc) is 2.80. The van der Waals surface area contributed by atoms with Gasteiger partial charge in [-0.05, 0) is 24.4 Å². The maximum Gasteiger partial charge on any atom is 0.00893 e. The van der Waals surface area contributed by atoms with Gasteiger partial charge >= 0.3 is 0 Å². The van der Waals surface area contributed by atoms with Crippen LogP contribution in [0.5, 0.6) is 0 Å². The second-order valence-corrected chi connectivity index (χ2v) is 3.68. The molecular formula is C10H17NS. The van der Waals surface area contributed by atoms with Crippen LogP contribution in [0.25, 0.3) is 0 Å². The van der Waals surface area contributed by atoms with Crippen molar-refractivity contribution in [1.82, 2.24) is 5.32 Å². The summed E-state index contributed by atoms with van der Waals surface area (Å²) < 4.78 is 0. The van der Waals surface area contributed by atoms with Gasteiger partial charge in [0.1, 0.15) is 0 Å². The summed E-state index contributed by atoms with van der Waals surface area (Å²) in [4.78, 5) is 1.55. The van der Waals surface area contributed by atoms with Crippen molar-refractivity contribution in [2.75, 3.05) is 13.1 Å². The highest BCUT2D eigenvalue weighted by molar-refractivity contribution is 7.10. The summed E-state index contributed by atoms with van der Waals surface area (Å²) in [6.07, 6.45) is 1.32. The van der Waals surface area contributed by atoms with Crippen LogP contribution in [0.15, 0.2) is 17.5 Å². The Morgan fingerprint density at radius 2 is 2.33 bits per heavy atom. The lowest BCUT2D eigenvalue weighted by atomic mass is 10.1. The van der Waals surface area contributed by atoms with Gasteiger partial charge in [0.2, 0.25) is 0 Å². The average molecular weight is 183 g/mol. The fourth-order valence-electron chi connectivity index (χ4n) is 1.42. The summed E-state index contributed by atoms with van der Waals surface area (Å²) in [6.45, 7) is 6.38. The Balaban J connectivity index is 0.000000336. The first-order valence-electron chi connectivity index (χ1n) is 4.71. The normalized spacial score (nSPS) is 21.7. The first kappa shape index (κ1) is 9.75. The van der Waals surface area contributed by atoms with Crippen LogP contribution in [0.1, 0.15) is 31.1 Å². The number of hydrogen-bond acceptors (Lipinski definition) is 2. The molecule has 0 aliphatic carbocycles. The van der Waals surface area contributed by atoms with E-state index in [1.54, 1.807) is 4.88 Å². The predicted octanol–water partition coefficient (Wildman–Crippen LogP) is 2.85. The minimum absolute atomic E-state index is 0.806. The summed E-state index contributed by atoms with van der Waals surface area (Å²) in [5.41, 5.74) is 0. The Kier molecular flexibility index (Phi) is 4.33. The molecule has 1 aliphatic rings. The quantitative estimate of drug-likeness (QED) is 0.706. The molecule has 2 rings (SSSR count). The van der Waals surface area contributed by atoms with E-state index in [1.807, 2.05) is 25.2 Å². The first-order chi connectivity index (χ1) is 5.97. The lowest BCUT2D eigenvalue weighted by Gasteiger charge is -2.02. The molecule has 1 aromatic rings. The molecule has 12 heavy (non-hydrogen) atoms. The predicted molar refractivity (Wildman–Crippen MR) is 55.9 cm³/mol. The van der Waals surface area contributed by atoms with E-state index in [9.17, 15) is 0 Å². The van der Waals surface area contributed by atoms with Gasteiger partial charge in [0.15, 0.2) is 0 Å². The molecule has 1 N–H and O–H groups in total. The molecule has 0 saturated carbocycles. The number of nitrogens with one attached hydrogen (secondary N) is 1. The molecule has 0 amide bonds. The van der Waals surface area contributed by atoms with Crippen molar-refractivity contribution >= 4 is 11.3 Å². The monoisotopic (exact) mass is 183 g/mol. The van der Waals surface area contributed by atoms with Crippen molar-refractivity contribution in [3.8, 4) is 0 Å². The van der Waals surface area contributed by atoms with Crippen LogP contribution >= 0.6 is 11.3 Å². The van der Waals surface area contributed by atoms with Crippen LogP contribution in [-0.2, 0) is 0 Å². The van der Waals surface area contributed by atoms with E-state index in [0.717, 1.165) is 5.92 Å². The maximum atomic E-state index is 3.37. The van der Waals surface area contributed by atoms with Crippen LogP contribution < -0.4 is 5.32 Å². The molecule has 0 spiro atoms. The summed E-state index contributed by atoms with van der Waals surface area (Å²) in [5, 5.41) is 5.53. The fraction of sp³-hybridized carbons (Fsp3) is 0.600. The zero-order valence-corrected chi connectivity index (χ0v) is 8.66. The molecule has 0 radical (unpaired) electrons. The van der Waals surface area contributed by atoms with Crippen LogP contribution in [0.4, 0.5) is 0 Å². The van der Waals surface area contributed by atoms with Crippen molar-refractivity contribution in [1.29, 1.82) is 0 Å². The minimum atomic E-state index is 0.806. The first-order valence-corrected chi connectivity index (χ1v) is 5.59. The van der Waals surface area contributed by atoms with Gasteiger partial charge in [-0.15, -0.1) is 11.3 Å². The molecule has 0 aromatic carbocycles. The van der Waals surface area contributed by atoms with E-state index >= 15 is 0 Å². The van der Waals surface area contributed by atoms with E-state index in [0.29, 0.717) is 0 Å². The topological polar surface area (TPSA) is 12.0 Å². The molecule has 1 unspecified atom stereocenters. The second-order valence-electron chi connectivity index (χ2n) is 2.71. The smallest absolute Gasteiger partial charge is 0.00893 e. The highest BCUT2D eigenvalue weighted by atomic mass is 32.1. The molecule has 1 saturated heterocycles. The molecule has 1 aromatic heterocycles. The Bertz CT molecular complexity index is 188. The van der Waals surface area contributed by atoms with Crippen LogP contribution in [-0.4, -0.2) is 13.1 Å². The standard InChI is InChI=1S/C8H11NS.C2H6/c1-2-8(10-5-1)7-3-4-9-6-7;1-2/h1-2,5,7,9H,3-4,6H2;1-2H3. The molecule has 0 bridgehead atoms. The van der Waals surface area contributed by atoms with E-state index in [4.69, 9.17) is 0 Å². The van der Waals surface area contributed by atoms with Crippen molar-refractivity contribution in [3.05, 3.63) is 22.4 Å². The lowest BCUT2D eigenvalue weighted by molar-refractivity contribution is 0.779. The molecule has 1 nitrogen and oxygen atoms in total. The van der Waals surface area contributed by atoms with Crippen molar-refractivity contribution in [3.63, 3.8) is 0 Å². The highest BCUT2D eigenvalue weighted by Gasteiger charge is 2.16. The third-order valence-corrected chi connectivity index (χ3v) is 3.04. The fourth-order valence-corrected chi connectivity index (χ4v) is 2.29. The van der Waals surface area contributed by atoms with E-state index in [2.05, 4.69) is 22.8 Å². The number of rotatable bonds is 1. The zero-order valence-electron chi connectivity index (χ0n) is 7.84. The molecule has 1 aliphatic heterocycles. The van der Waals surface area contributed by atoms with Gasteiger partial charge < -0.3 is 5.32 Å². The largest absolute Gasteiger partial charge is 0.316 e. The summed E-state index contributed by atoms with van der Waals surface area (Å²) in [7, 11) is 0.